The van der Waals surface area contributed by atoms with E-state index in [0.717, 1.165) is 0 Å². The van der Waals surface area contributed by atoms with E-state index >= 15 is 0 Å². The van der Waals surface area contributed by atoms with Crippen molar-refractivity contribution in [2.24, 2.45) is 0 Å². The molecule has 0 radical (unpaired) electrons. The first-order chi connectivity index (χ1) is 9.65. The molecule has 1 amide bonds. The van der Waals surface area contributed by atoms with Crippen molar-refractivity contribution in [1.29, 1.82) is 0 Å². The number of piperidine rings is 1. The van der Waals surface area contributed by atoms with E-state index in [4.69, 9.17) is 4.42 Å². The maximum Gasteiger partial charge on any atom is 0.421 e. The third kappa shape index (κ3) is 2.22. The second-order valence-electron chi connectivity index (χ2n) is 4.70. The number of carbonyl (C=O) groups excluding carboxylic acids is 2. The van der Waals surface area contributed by atoms with E-state index in [1.165, 1.54) is 10.8 Å². The summed E-state index contributed by atoms with van der Waals surface area (Å²) >= 11 is 0. The number of hydrogen-bond acceptors (Lipinski definition) is 5. The molecule has 2 aromatic heterocycles. The number of Topliss-reactive ketones (excluding diaryl/α,β-unsaturated/α-hetero) is 1. The minimum atomic E-state index is -0.597. The first-order valence-corrected chi connectivity index (χ1v) is 6.39. The Labute approximate surface area is 113 Å². The van der Waals surface area contributed by atoms with Gasteiger partial charge in [-0.25, -0.2) is 14.3 Å². The molecule has 0 aromatic carbocycles. The Morgan fingerprint density at radius 3 is 2.80 bits per heavy atom. The van der Waals surface area contributed by atoms with Crippen LogP contribution in [0.2, 0.25) is 0 Å². The van der Waals surface area contributed by atoms with Gasteiger partial charge in [0.1, 0.15) is 12.3 Å². The fraction of sp³-hybridized carbons (Fsp3) is 0.385. The summed E-state index contributed by atoms with van der Waals surface area (Å²) in [7, 11) is 0. The molecule has 0 saturated carbocycles. The van der Waals surface area contributed by atoms with Gasteiger partial charge in [-0.3, -0.25) is 9.59 Å². The second kappa shape index (κ2) is 4.92. The topological polar surface area (TPSA) is 85.4 Å². The highest BCUT2D eigenvalue weighted by molar-refractivity contribution is 5.83. The Bertz CT molecular complexity index is 721. The zero-order valence-corrected chi connectivity index (χ0v) is 10.7. The van der Waals surface area contributed by atoms with Crippen LogP contribution in [0, 0.1) is 0 Å². The number of pyridine rings is 1. The van der Waals surface area contributed by atoms with Gasteiger partial charge in [-0.2, -0.15) is 0 Å². The van der Waals surface area contributed by atoms with Gasteiger partial charge in [-0.05, 0) is 12.1 Å². The summed E-state index contributed by atoms with van der Waals surface area (Å²) < 4.78 is 6.24. The highest BCUT2D eigenvalue weighted by atomic mass is 16.4. The molecule has 104 valence electrons. The summed E-state index contributed by atoms with van der Waals surface area (Å²) in [4.78, 5) is 40.7. The minimum Gasteiger partial charge on any atom is -0.406 e. The number of likely N-dealkylation sites (tertiary alicyclic amines) is 1. The molecule has 0 atom stereocenters. The van der Waals surface area contributed by atoms with Crippen molar-refractivity contribution in [1.82, 2.24) is 14.5 Å². The summed E-state index contributed by atoms with van der Waals surface area (Å²) in [6, 6.07) is 3.29. The van der Waals surface area contributed by atoms with E-state index in [1.54, 1.807) is 17.0 Å². The zero-order chi connectivity index (χ0) is 14.1. The van der Waals surface area contributed by atoms with E-state index in [2.05, 4.69) is 4.98 Å². The number of oxazole rings is 1. The molecular formula is C13H13N3O4. The summed E-state index contributed by atoms with van der Waals surface area (Å²) in [5.41, 5.74) is 0.720. The van der Waals surface area contributed by atoms with Crippen LogP contribution in [0.3, 0.4) is 0 Å². The van der Waals surface area contributed by atoms with Crippen LogP contribution in [0.5, 0.6) is 0 Å². The average molecular weight is 275 g/mol. The molecule has 20 heavy (non-hydrogen) atoms. The zero-order valence-electron chi connectivity index (χ0n) is 10.7. The van der Waals surface area contributed by atoms with Crippen LogP contribution in [0.4, 0.5) is 0 Å². The van der Waals surface area contributed by atoms with Gasteiger partial charge in [-0.1, -0.05) is 0 Å². The normalized spacial score (nSPS) is 15.8. The molecule has 1 fully saturated rings. The predicted molar refractivity (Wildman–Crippen MR) is 69.1 cm³/mol. The molecule has 0 bridgehead atoms. The van der Waals surface area contributed by atoms with Crippen molar-refractivity contribution in [3.8, 4) is 0 Å². The van der Waals surface area contributed by atoms with Gasteiger partial charge in [0.15, 0.2) is 11.2 Å². The van der Waals surface area contributed by atoms with Gasteiger partial charge in [0.05, 0.1) is 0 Å². The lowest BCUT2D eigenvalue weighted by Gasteiger charge is -2.25. The van der Waals surface area contributed by atoms with Crippen molar-refractivity contribution in [2.75, 3.05) is 13.1 Å². The third-order valence-electron chi connectivity index (χ3n) is 3.39. The molecule has 0 N–H and O–H groups in total. The number of rotatable bonds is 2. The number of carbonyl (C=O) groups is 2. The molecule has 3 heterocycles. The Morgan fingerprint density at radius 1 is 1.30 bits per heavy atom. The third-order valence-corrected chi connectivity index (χ3v) is 3.39. The fourth-order valence-electron chi connectivity index (χ4n) is 2.28. The highest BCUT2D eigenvalue weighted by Crippen LogP contribution is 2.10. The molecule has 7 heteroatoms. The Kier molecular flexibility index (Phi) is 3.09. The number of nitrogens with zero attached hydrogens (tertiary/aromatic N) is 3. The molecule has 1 aliphatic rings. The molecular weight excluding hydrogens is 262 g/mol. The summed E-state index contributed by atoms with van der Waals surface area (Å²) in [6.07, 6.45) is 2.30. The second-order valence-corrected chi connectivity index (χ2v) is 4.70. The van der Waals surface area contributed by atoms with Gasteiger partial charge >= 0.3 is 5.76 Å². The SMILES string of the molecule is O=C1CCN(C(=O)Cn2c(=O)oc3cccnc32)CC1. The number of amides is 1. The molecule has 1 saturated heterocycles. The molecule has 0 aliphatic carbocycles. The van der Waals surface area contributed by atoms with E-state index in [9.17, 15) is 14.4 Å². The van der Waals surface area contributed by atoms with Crippen molar-refractivity contribution >= 4 is 22.9 Å². The molecule has 0 spiro atoms. The van der Waals surface area contributed by atoms with E-state index in [0.29, 0.717) is 37.2 Å². The van der Waals surface area contributed by atoms with Gasteiger partial charge in [0.2, 0.25) is 5.91 Å². The maximum absolute atomic E-state index is 12.2. The minimum absolute atomic E-state index is 0.114. The van der Waals surface area contributed by atoms with Crippen LogP contribution in [-0.2, 0) is 16.1 Å². The number of hydrogen-bond donors (Lipinski definition) is 0. The highest BCUT2D eigenvalue weighted by Gasteiger charge is 2.22. The van der Waals surface area contributed by atoms with Gasteiger partial charge < -0.3 is 9.32 Å². The molecule has 7 nitrogen and oxygen atoms in total. The van der Waals surface area contributed by atoms with E-state index in [1.807, 2.05) is 0 Å². The number of ketones is 1. The first-order valence-electron chi connectivity index (χ1n) is 6.39. The monoisotopic (exact) mass is 275 g/mol. The van der Waals surface area contributed by atoms with Crippen LogP contribution in [0.1, 0.15) is 12.8 Å². The lowest BCUT2D eigenvalue weighted by Crippen LogP contribution is -2.41. The number of aromatic nitrogens is 2. The summed E-state index contributed by atoms with van der Waals surface area (Å²) in [6.45, 7) is 0.711. The lowest BCUT2D eigenvalue weighted by atomic mass is 10.1. The number of fused-ring (bicyclic) bond motifs is 1. The molecule has 0 unspecified atom stereocenters. The molecule has 3 rings (SSSR count). The largest absolute Gasteiger partial charge is 0.421 e. The fourth-order valence-corrected chi connectivity index (χ4v) is 2.28. The van der Waals surface area contributed by atoms with Crippen LogP contribution >= 0.6 is 0 Å². The van der Waals surface area contributed by atoms with Crippen LogP contribution in [0.15, 0.2) is 27.5 Å². The summed E-state index contributed by atoms with van der Waals surface area (Å²) in [5.74, 6) is -0.630. The molecule has 2 aromatic rings. The van der Waals surface area contributed by atoms with Crippen molar-refractivity contribution in [2.45, 2.75) is 19.4 Å². The first kappa shape index (κ1) is 12.6. The lowest BCUT2D eigenvalue weighted by molar-refractivity contribution is -0.135. The van der Waals surface area contributed by atoms with Crippen LogP contribution < -0.4 is 5.76 Å². The summed E-state index contributed by atoms with van der Waals surface area (Å²) in [5, 5.41) is 0. The Hall–Kier alpha value is -2.44. The van der Waals surface area contributed by atoms with Crippen molar-refractivity contribution in [3.05, 3.63) is 28.9 Å². The Balaban J connectivity index is 1.82. The van der Waals surface area contributed by atoms with Crippen LogP contribution in [0.25, 0.3) is 11.2 Å². The van der Waals surface area contributed by atoms with Gasteiger partial charge in [-0.15, -0.1) is 0 Å². The van der Waals surface area contributed by atoms with Gasteiger partial charge in [0.25, 0.3) is 0 Å². The van der Waals surface area contributed by atoms with Crippen molar-refractivity contribution < 1.29 is 14.0 Å². The smallest absolute Gasteiger partial charge is 0.406 e. The standard InChI is InChI=1S/C13H13N3O4/c17-9-3-6-15(7-4-9)11(18)8-16-12-10(20-13(16)19)2-1-5-14-12/h1-2,5H,3-4,6-8H2. The van der Waals surface area contributed by atoms with Crippen molar-refractivity contribution in [3.63, 3.8) is 0 Å². The van der Waals surface area contributed by atoms with Crippen LogP contribution in [-0.4, -0.2) is 39.2 Å². The maximum atomic E-state index is 12.2. The van der Waals surface area contributed by atoms with E-state index < -0.39 is 5.76 Å². The predicted octanol–water partition coefficient (Wildman–Crippen LogP) is 0.181. The van der Waals surface area contributed by atoms with E-state index in [-0.39, 0.29) is 18.2 Å². The quantitative estimate of drug-likeness (QED) is 0.780. The average Bonchev–Trinajstić information content (AvgIpc) is 2.76. The molecule has 1 aliphatic heterocycles. The Morgan fingerprint density at radius 2 is 2.05 bits per heavy atom. The van der Waals surface area contributed by atoms with Gasteiger partial charge in [0, 0.05) is 32.1 Å².